The molecule has 1 aromatic heterocycles. The first-order valence-electron chi connectivity index (χ1n) is 10.2. The summed E-state index contributed by atoms with van der Waals surface area (Å²) in [6, 6.07) is 16.7. The van der Waals surface area contributed by atoms with Gasteiger partial charge >= 0.3 is 6.09 Å². The van der Waals surface area contributed by atoms with Crippen LogP contribution in [0.4, 0.5) is 10.5 Å². The van der Waals surface area contributed by atoms with Gasteiger partial charge in [0, 0.05) is 37.3 Å². The highest BCUT2D eigenvalue weighted by molar-refractivity contribution is 7.98. The van der Waals surface area contributed by atoms with Gasteiger partial charge in [0.1, 0.15) is 10.6 Å². The lowest BCUT2D eigenvalue weighted by molar-refractivity contribution is 0.0240. The van der Waals surface area contributed by atoms with Gasteiger partial charge in [0.05, 0.1) is 11.2 Å². The monoisotopic (exact) mass is 424 g/mol. The zero-order valence-corrected chi connectivity index (χ0v) is 18.8. The van der Waals surface area contributed by atoms with Gasteiger partial charge in [-0.2, -0.15) is 5.10 Å². The van der Waals surface area contributed by atoms with Crippen LogP contribution in [0.2, 0.25) is 0 Å². The molecule has 4 rings (SSSR count). The fourth-order valence-electron chi connectivity index (χ4n) is 3.66. The highest BCUT2D eigenvalue weighted by atomic mass is 32.2. The molecule has 0 radical (unpaired) electrons. The van der Waals surface area contributed by atoms with E-state index in [0.717, 1.165) is 40.4 Å². The average Bonchev–Trinajstić information content (AvgIpc) is 3.11. The minimum absolute atomic E-state index is 0.232. The molecule has 0 N–H and O–H groups in total. The first-order valence-corrected chi connectivity index (χ1v) is 11.4. The van der Waals surface area contributed by atoms with Crippen molar-refractivity contribution in [2.24, 2.45) is 0 Å². The molecular formula is C23H28N4O2S. The Balaban J connectivity index is 1.57. The van der Waals surface area contributed by atoms with Gasteiger partial charge in [0.15, 0.2) is 0 Å². The molecule has 158 valence electrons. The van der Waals surface area contributed by atoms with Gasteiger partial charge in [-0.25, -0.2) is 9.48 Å². The number of para-hydroxylation sites is 1. The number of thioether (sulfide) groups is 1. The standard InChI is InChI=1S/C23H28N4O2S/c1-23(2,3)29-22(28)26-14-12-25(13-15-26)18-10-11-19-20(16-18)27(24-21(19)30-4)17-8-6-5-7-9-17/h5-11,16H,12-15H2,1-4H3. The number of hydrogen-bond acceptors (Lipinski definition) is 5. The summed E-state index contributed by atoms with van der Waals surface area (Å²) < 4.78 is 7.53. The Bertz CT molecular complexity index is 1030. The second-order valence-electron chi connectivity index (χ2n) is 8.41. The number of anilines is 1. The molecule has 30 heavy (non-hydrogen) atoms. The Labute approximate surface area is 181 Å². The third-order valence-electron chi connectivity index (χ3n) is 5.12. The molecule has 0 spiro atoms. The molecule has 3 aromatic rings. The van der Waals surface area contributed by atoms with E-state index in [0.29, 0.717) is 13.1 Å². The lowest BCUT2D eigenvalue weighted by Gasteiger charge is -2.36. The Hall–Kier alpha value is -2.67. The fraction of sp³-hybridized carbons (Fsp3) is 0.391. The molecule has 0 bridgehead atoms. The Morgan fingerprint density at radius 1 is 1.00 bits per heavy atom. The van der Waals surface area contributed by atoms with Crippen LogP contribution in [-0.4, -0.2) is 58.8 Å². The summed E-state index contributed by atoms with van der Waals surface area (Å²) >= 11 is 1.66. The van der Waals surface area contributed by atoms with E-state index < -0.39 is 5.60 Å². The maximum absolute atomic E-state index is 12.3. The predicted octanol–water partition coefficient (Wildman–Crippen LogP) is 4.80. The van der Waals surface area contributed by atoms with Gasteiger partial charge in [0.25, 0.3) is 0 Å². The third-order valence-corrected chi connectivity index (χ3v) is 5.81. The van der Waals surface area contributed by atoms with E-state index in [1.807, 2.05) is 43.7 Å². The Morgan fingerprint density at radius 3 is 2.33 bits per heavy atom. The van der Waals surface area contributed by atoms with Crippen molar-refractivity contribution in [1.82, 2.24) is 14.7 Å². The smallest absolute Gasteiger partial charge is 0.410 e. The number of carbonyl (C=O) groups excluding carboxylic acids is 1. The number of hydrogen-bond donors (Lipinski definition) is 0. The van der Waals surface area contributed by atoms with Gasteiger partial charge in [-0.1, -0.05) is 18.2 Å². The second kappa shape index (κ2) is 8.22. The molecule has 1 aliphatic rings. The van der Waals surface area contributed by atoms with Gasteiger partial charge in [-0.3, -0.25) is 0 Å². The van der Waals surface area contributed by atoms with Gasteiger partial charge in [-0.05, 0) is 57.4 Å². The summed E-state index contributed by atoms with van der Waals surface area (Å²) in [6.45, 7) is 8.56. The van der Waals surface area contributed by atoms with Crippen LogP contribution in [0, 0.1) is 0 Å². The Morgan fingerprint density at radius 2 is 1.70 bits per heavy atom. The molecule has 1 aliphatic heterocycles. The molecule has 2 heterocycles. The molecule has 1 saturated heterocycles. The van der Waals surface area contributed by atoms with Crippen molar-refractivity contribution in [3.05, 3.63) is 48.5 Å². The van der Waals surface area contributed by atoms with Crippen LogP contribution in [0.3, 0.4) is 0 Å². The number of aromatic nitrogens is 2. The van der Waals surface area contributed by atoms with E-state index >= 15 is 0 Å². The van der Waals surface area contributed by atoms with Crippen LogP contribution in [0.15, 0.2) is 53.6 Å². The van der Waals surface area contributed by atoms with Crippen molar-refractivity contribution < 1.29 is 9.53 Å². The van der Waals surface area contributed by atoms with Crippen LogP contribution in [0.5, 0.6) is 0 Å². The highest BCUT2D eigenvalue weighted by Gasteiger charge is 2.26. The fourth-order valence-corrected chi connectivity index (χ4v) is 4.22. The van der Waals surface area contributed by atoms with Crippen LogP contribution >= 0.6 is 11.8 Å². The van der Waals surface area contributed by atoms with Crippen molar-refractivity contribution in [3.8, 4) is 5.69 Å². The molecule has 7 heteroatoms. The number of amides is 1. The van der Waals surface area contributed by atoms with E-state index in [4.69, 9.17) is 9.84 Å². The minimum Gasteiger partial charge on any atom is -0.444 e. The lowest BCUT2D eigenvalue weighted by Crippen LogP contribution is -2.50. The number of benzene rings is 2. The molecule has 0 saturated carbocycles. The molecule has 0 atom stereocenters. The Kier molecular flexibility index (Phi) is 5.64. The maximum atomic E-state index is 12.3. The topological polar surface area (TPSA) is 50.6 Å². The quantitative estimate of drug-likeness (QED) is 0.565. The summed E-state index contributed by atoms with van der Waals surface area (Å²) in [5.74, 6) is 0. The van der Waals surface area contributed by atoms with Crippen molar-refractivity contribution in [3.63, 3.8) is 0 Å². The zero-order valence-electron chi connectivity index (χ0n) is 18.0. The maximum Gasteiger partial charge on any atom is 0.410 e. The van der Waals surface area contributed by atoms with Gasteiger partial charge in [-0.15, -0.1) is 11.8 Å². The molecule has 2 aromatic carbocycles. The first kappa shape index (κ1) is 20.6. The van der Waals surface area contributed by atoms with E-state index in [2.05, 4.69) is 41.5 Å². The molecular weight excluding hydrogens is 396 g/mol. The van der Waals surface area contributed by atoms with Crippen molar-refractivity contribution in [1.29, 1.82) is 0 Å². The largest absolute Gasteiger partial charge is 0.444 e. The summed E-state index contributed by atoms with van der Waals surface area (Å²) in [4.78, 5) is 16.5. The molecule has 0 unspecified atom stereocenters. The zero-order chi connectivity index (χ0) is 21.3. The predicted molar refractivity (Wildman–Crippen MR) is 123 cm³/mol. The first-order chi connectivity index (χ1) is 14.4. The van der Waals surface area contributed by atoms with Crippen molar-refractivity contribution in [2.75, 3.05) is 37.3 Å². The van der Waals surface area contributed by atoms with Crippen LogP contribution in [0.1, 0.15) is 20.8 Å². The number of ether oxygens (including phenoxy) is 1. The van der Waals surface area contributed by atoms with E-state index in [1.54, 1.807) is 16.7 Å². The molecule has 1 fully saturated rings. The van der Waals surface area contributed by atoms with E-state index in [-0.39, 0.29) is 6.09 Å². The summed E-state index contributed by atoms with van der Waals surface area (Å²) in [6.07, 6.45) is 1.82. The number of fused-ring (bicyclic) bond motifs is 1. The van der Waals surface area contributed by atoms with Crippen LogP contribution in [0.25, 0.3) is 16.6 Å². The van der Waals surface area contributed by atoms with E-state index in [9.17, 15) is 4.79 Å². The third kappa shape index (κ3) is 4.26. The van der Waals surface area contributed by atoms with Gasteiger partial charge in [0.2, 0.25) is 0 Å². The van der Waals surface area contributed by atoms with E-state index in [1.165, 1.54) is 0 Å². The molecule has 1 amide bonds. The number of nitrogens with zero attached hydrogens (tertiary/aromatic N) is 4. The van der Waals surface area contributed by atoms with Crippen LogP contribution in [-0.2, 0) is 4.74 Å². The van der Waals surface area contributed by atoms with Crippen molar-refractivity contribution in [2.45, 2.75) is 31.4 Å². The van der Waals surface area contributed by atoms with Gasteiger partial charge < -0.3 is 14.5 Å². The van der Waals surface area contributed by atoms with Crippen molar-refractivity contribution >= 4 is 34.4 Å². The minimum atomic E-state index is -0.468. The summed E-state index contributed by atoms with van der Waals surface area (Å²) in [7, 11) is 0. The van der Waals surface area contributed by atoms with Crippen LogP contribution < -0.4 is 4.90 Å². The summed E-state index contributed by atoms with van der Waals surface area (Å²) in [5, 5.41) is 7.00. The normalized spacial score (nSPS) is 14.9. The second-order valence-corrected chi connectivity index (χ2v) is 9.21. The number of piperazine rings is 1. The number of carbonyl (C=O) groups is 1. The highest BCUT2D eigenvalue weighted by Crippen LogP contribution is 2.31. The lowest BCUT2D eigenvalue weighted by atomic mass is 10.2. The number of rotatable bonds is 3. The molecule has 6 nitrogen and oxygen atoms in total. The SMILES string of the molecule is CSc1nn(-c2ccccc2)c2cc(N3CCN(C(=O)OC(C)(C)C)CC3)ccc12. The molecule has 0 aliphatic carbocycles. The average molecular weight is 425 g/mol. The summed E-state index contributed by atoms with van der Waals surface area (Å²) in [5.41, 5.74) is 2.83.